The zero-order chi connectivity index (χ0) is 15.2. The average Bonchev–Trinajstić information content (AvgIpc) is 2.49. The largest absolute Gasteiger partial charge is 0.494 e. The molecule has 0 unspecified atom stereocenters. The quantitative estimate of drug-likeness (QED) is 0.869. The van der Waals surface area contributed by atoms with Gasteiger partial charge in [-0.3, -0.25) is 4.79 Å². The smallest absolute Gasteiger partial charge is 0.275 e. The molecule has 21 heavy (non-hydrogen) atoms. The zero-order valence-electron chi connectivity index (χ0n) is 11.5. The van der Waals surface area contributed by atoms with E-state index in [1.165, 1.54) is 0 Å². The Labute approximate surface area is 131 Å². The standard InChI is InChI=1S/C15H15BrN2O3/c1-2-21-13-6-5-11(8-10(13)9-19)18-15(20)14-12(16)4-3-7-17-14/h3-8,19H,2,9H2,1H3,(H,18,20). The fourth-order valence-corrected chi connectivity index (χ4v) is 2.26. The molecule has 0 aliphatic rings. The predicted molar refractivity (Wildman–Crippen MR) is 83.4 cm³/mol. The summed E-state index contributed by atoms with van der Waals surface area (Å²) in [4.78, 5) is 16.2. The number of benzene rings is 1. The second-order valence-electron chi connectivity index (χ2n) is 4.20. The van der Waals surface area contributed by atoms with E-state index in [2.05, 4.69) is 26.2 Å². The number of nitrogens with zero attached hydrogens (tertiary/aromatic N) is 1. The minimum Gasteiger partial charge on any atom is -0.494 e. The van der Waals surface area contributed by atoms with Gasteiger partial charge in [0.05, 0.1) is 13.2 Å². The number of pyridine rings is 1. The lowest BCUT2D eigenvalue weighted by Crippen LogP contribution is -2.14. The number of amides is 1. The Kier molecular flexibility index (Phi) is 5.30. The van der Waals surface area contributed by atoms with Crippen molar-refractivity contribution in [2.24, 2.45) is 0 Å². The van der Waals surface area contributed by atoms with Crippen LogP contribution in [0.25, 0.3) is 0 Å². The molecule has 1 heterocycles. The Balaban J connectivity index is 2.20. The molecule has 2 rings (SSSR count). The van der Waals surface area contributed by atoms with Gasteiger partial charge in [0, 0.05) is 21.9 Å². The Morgan fingerprint density at radius 2 is 2.24 bits per heavy atom. The second kappa shape index (κ2) is 7.19. The number of nitrogens with one attached hydrogen (secondary N) is 1. The molecule has 5 nitrogen and oxygen atoms in total. The second-order valence-corrected chi connectivity index (χ2v) is 5.06. The van der Waals surface area contributed by atoms with E-state index in [1.54, 1.807) is 36.5 Å². The number of hydrogen-bond acceptors (Lipinski definition) is 4. The summed E-state index contributed by atoms with van der Waals surface area (Å²) in [6.45, 7) is 2.22. The number of carbonyl (C=O) groups excluding carboxylic acids is 1. The number of rotatable bonds is 5. The Hall–Kier alpha value is -1.92. The third kappa shape index (κ3) is 3.80. The monoisotopic (exact) mass is 350 g/mol. The average molecular weight is 351 g/mol. The van der Waals surface area contributed by atoms with Crippen molar-refractivity contribution in [3.8, 4) is 5.75 Å². The minimum atomic E-state index is -0.324. The molecule has 6 heteroatoms. The molecule has 0 radical (unpaired) electrons. The van der Waals surface area contributed by atoms with Crippen LogP contribution in [0.1, 0.15) is 23.0 Å². The third-order valence-electron chi connectivity index (χ3n) is 2.76. The first kappa shape index (κ1) is 15.5. The molecule has 1 amide bonds. The molecule has 0 aliphatic heterocycles. The lowest BCUT2D eigenvalue weighted by atomic mass is 10.2. The van der Waals surface area contributed by atoms with Crippen molar-refractivity contribution in [2.75, 3.05) is 11.9 Å². The van der Waals surface area contributed by atoms with Crippen LogP contribution in [0, 0.1) is 0 Å². The van der Waals surface area contributed by atoms with Crippen molar-refractivity contribution in [1.29, 1.82) is 0 Å². The molecule has 1 aromatic heterocycles. The van der Waals surface area contributed by atoms with Crippen LogP contribution in [0.4, 0.5) is 5.69 Å². The van der Waals surface area contributed by atoms with Gasteiger partial charge in [-0.15, -0.1) is 0 Å². The fourth-order valence-electron chi connectivity index (χ4n) is 1.82. The molecule has 0 saturated heterocycles. The lowest BCUT2D eigenvalue weighted by molar-refractivity contribution is 0.102. The van der Waals surface area contributed by atoms with Crippen LogP contribution in [0.3, 0.4) is 0 Å². The molecule has 110 valence electrons. The highest BCUT2D eigenvalue weighted by Gasteiger charge is 2.12. The van der Waals surface area contributed by atoms with E-state index < -0.39 is 0 Å². The van der Waals surface area contributed by atoms with Gasteiger partial charge in [-0.2, -0.15) is 0 Å². The van der Waals surface area contributed by atoms with E-state index in [1.807, 2.05) is 6.92 Å². The lowest BCUT2D eigenvalue weighted by Gasteiger charge is -2.11. The summed E-state index contributed by atoms with van der Waals surface area (Å²) >= 11 is 3.29. The predicted octanol–water partition coefficient (Wildman–Crippen LogP) is 2.99. The Morgan fingerprint density at radius 1 is 1.43 bits per heavy atom. The van der Waals surface area contributed by atoms with Crippen LogP contribution >= 0.6 is 15.9 Å². The number of hydrogen-bond donors (Lipinski definition) is 2. The van der Waals surface area contributed by atoms with Crippen LogP contribution in [0.2, 0.25) is 0 Å². The molecule has 1 aromatic carbocycles. The number of aliphatic hydroxyl groups excluding tert-OH is 1. The maximum absolute atomic E-state index is 12.1. The maximum Gasteiger partial charge on any atom is 0.275 e. The van der Waals surface area contributed by atoms with Crippen LogP contribution < -0.4 is 10.1 Å². The molecule has 0 saturated carbocycles. The number of carbonyl (C=O) groups is 1. The summed E-state index contributed by atoms with van der Waals surface area (Å²) < 4.78 is 6.02. The van der Waals surface area contributed by atoms with Crippen LogP contribution in [-0.4, -0.2) is 22.6 Å². The number of aliphatic hydroxyl groups is 1. The van der Waals surface area contributed by atoms with E-state index in [4.69, 9.17) is 4.74 Å². The number of ether oxygens (including phenoxy) is 1. The van der Waals surface area contributed by atoms with Crippen molar-refractivity contribution in [3.63, 3.8) is 0 Å². The van der Waals surface area contributed by atoms with Gasteiger partial charge in [-0.1, -0.05) is 0 Å². The van der Waals surface area contributed by atoms with Crippen LogP contribution in [-0.2, 0) is 6.61 Å². The van der Waals surface area contributed by atoms with Crippen molar-refractivity contribution >= 4 is 27.5 Å². The zero-order valence-corrected chi connectivity index (χ0v) is 13.1. The number of anilines is 1. The van der Waals surface area contributed by atoms with Crippen molar-refractivity contribution in [3.05, 3.63) is 52.3 Å². The van der Waals surface area contributed by atoms with Crippen LogP contribution in [0.5, 0.6) is 5.75 Å². The van der Waals surface area contributed by atoms with Gasteiger partial charge < -0.3 is 15.2 Å². The first-order valence-electron chi connectivity index (χ1n) is 6.44. The summed E-state index contributed by atoms with van der Waals surface area (Å²) in [5.74, 6) is 0.285. The topological polar surface area (TPSA) is 71.5 Å². The van der Waals surface area contributed by atoms with E-state index in [9.17, 15) is 9.90 Å². The van der Waals surface area contributed by atoms with Gasteiger partial charge in [0.2, 0.25) is 0 Å². The van der Waals surface area contributed by atoms with Gasteiger partial charge >= 0.3 is 0 Å². The highest BCUT2D eigenvalue weighted by atomic mass is 79.9. The molecule has 0 aliphatic carbocycles. The summed E-state index contributed by atoms with van der Waals surface area (Å²) in [6.07, 6.45) is 1.55. The highest BCUT2D eigenvalue weighted by Crippen LogP contribution is 2.24. The third-order valence-corrected chi connectivity index (χ3v) is 3.40. The molecule has 2 aromatic rings. The van der Waals surface area contributed by atoms with E-state index >= 15 is 0 Å². The Bertz CT molecular complexity index is 647. The highest BCUT2D eigenvalue weighted by molar-refractivity contribution is 9.10. The normalized spacial score (nSPS) is 10.2. The van der Waals surface area contributed by atoms with Gasteiger partial charge in [-0.25, -0.2) is 4.98 Å². The van der Waals surface area contributed by atoms with E-state index in [-0.39, 0.29) is 12.5 Å². The molecule has 0 bridgehead atoms. The first-order valence-corrected chi connectivity index (χ1v) is 7.23. The molecule has 0 atom stereocenters. The van der Waals surface area contributed by atoms with Crippen molar-refractivity contribution < 1.29 is 14.6 Å². The summed E-state index contributed by atoms with van der Waals surface area (Å²) in [5.41, 5.74) is 1.50. The molecule has 0 spiro atoms. The molecular weight excluding hydrogens is 336 g/mol. The fraction of sp³-hybridized carbons (Fsp3) is 0.200. The minimum absolute atomic E-state index is 0.160. The number of halogens is 1. The first-order chi connectivity index (χ1) is 10.2. The van der Waals surface area contributed by atoms with Gasteiger partial charge in [-0.05, 0) is 53.2 Å². The molecule has 0 fully saturated rings. The van der Waals surface area contributed by atoms with Crippen molar-refractivity contribution in [2.45, 2.75) is 13.5 Å². The number of aromatic nitrogens is 1. The Morgan fingerprint density at radius 3 is 2.90 bits per heavy atom. The SMILES string of the molecule is CCOc1ccc(NC(=O)c2ncccc2Br)cc1CO. The van der Waals surface area contributed by atoms with Gasteiger partial charge in [0.25, 0.3) is 5.91 Å². The van der Waals surface area contributed by atoms with Crippen molar-refractivity contribution in [1.82, 2.24) is 4.98 Å². The van der Waals surface area contributed by atoms with E-state index in [0.717, 1.165) is 0 Å². The van der Waals surface area contributed by atoms with Gasteiger partial charge in [0.1, 0.15) is 11.4 Å². The summed E-state index contributed by atoms with van der Waals surface area (Å²) in [6, 6.07) is 8.61. The maximum atomic E-state index is 12.1. The summed E-state index contributed by atoms with van der Waals surface area (Å²) in [5, 5.41) is 12.1. The molecule has 2 N–H and O–H groups in total. The van der Waals surface area contributed by atoms with Crippen LogP contribution in [0.15, 0.2) is 41.0 Å². The van der Waals surface area contributed by atoms with Gasteiger partial charge in [0.15, 0.2) is 0 Å². The van der Waals surface area contributed by atoms with E-state index in [0.29, 0.717) is 33.8 Å². The summed E-state index contributed by atoms with van der Waals surface area (Å²) in [7, 11) is 0. The molecular formula is C15H15BrN2O3.